The third-order valence-corrected chi connectivity index (χ3v) is 3.50. The minimum atomic E-state index is -0.187. The lowest BCUT2D eigenvalue weighted by Gasteiger charge is -2.08. The number of nitrogens with one attached hydrogen (secondary N) is 2. The molecule has 0 saturated heterocycles. The highest BCUT2D eigenvalue weighted by Gasteiger charge is 2.29. The van der Waals surface area contributed by atoms with Crippen LogP contribution in [0.5, 0.6) is 0 Å². The van der Waals surface area contributed by atoms with E-state index >= 15 is 0 Å². The lowest BCUT2D eigenvalue weighted by Crippen LogP contribution is -2.23. The van der Waals surface area contributed by atoms with Gasteiger partial charge in [-0.1, -0.05) is 12.1 Å². The molecule has 1 heterocycles. The van der Waals surface area contributed by atoms with E-state index in [9.17, 15) is 9.59 Å². The zero-order valence-electron chi connectivity index (χ0n) is 12.1. The topological polar surface area (TPSA) is 71.1 Å². The molecule has 1 fully saturated rings. The quantitative estimate of drug-likeness (QED) is 0.889. The summed E-state index contributed by atoms with van der Waals surface area (Å²) >= 11 is 0. The van der Waals surface area contributed by atoms with Gasteiger partial charge in [0, 0.05) is 23.4 Å². The maximum absolute atomic E-state index is 12.2. The largest absolute Gasteiger partial charge is 0.346 e. The highest BCUT2D eigenvalue weighted by molar-refractivity contribution is 5.98. The number of anilines is 1. The van der Waals surface area contributed by atoms with Crippen molar-refractivity contribution in [1.82, 2.24) is 10.3 Å². The fourth-order valence-corrected chi connectivity index (χ4v) is 2.10. The van der Waals surface area contributed by atoms with Gasteiger partial charge in [-0.05, 0) is 43.2 Å². The minimum Gasteiger partial charge on any atom is -0.346 e. The van der Waals surface area contributed by atoms with Gasteiger partial charge < -0.3 is 10.6 Å². The Labute approximate surface area is 128 Å². The second kappa shape index (κ2) is 6.39. The highest BCUT2D eigenvalue weighted by atomic mass is 16.2. The third-order valence-electron chi connectivity index (χ3n) is 3.50. The van der Waals surface area contributed by atoms with Gasteiger partial charge in [0.05, 0.1) is 12.2 Å². The van der Waals surface area contributed by atoms with E-state index in [0.717, 1.165) is 18.5 Å². The van der Waals surface area contributed by atoms with Crippen molar-refractivity contribution >= 4 is 17.5 Å². The van der Waals surface area contributed by atoms with Gasteiger partial charge in [-0.2, -0.15) is 0 Å². The van der Waals surface area contributed by atoms with Crippen molar-refractivity contribution in [1.29, 1.82) is 0 Å². The number of hydrogen-bond acceptors (Lipinski definition) is 3. The third kappa shape index (κ3) is 3.69. The number of pyridine rings is 1. The number of aromatic nitrogens is 1. The summed E-state index contributed by atoms with van der Waals surface area (Å²) in [6.07, 6.45) is 3.60. The first-order valence-electron chi connectivity index (χ1n) is 7.31. The van der Waals surface area contributed by atoms with Gasteiger partial charge in [-0.15, -0.1) is 0 Å². The molecule has 2 N–H and O–H groups in total. The van der Waals surface area contributed by atoms with E-state index in [1.165, 1.54) is 0 Å². The number of hydrogen-bond donors (Lipinski definition) is 2. The second-order valence-corrected chi connectivity index (χ2v) is 5.35. The number of carbonyl (C=O) groups excluding carboxylic acids is 2. The van der Waals surface area contributed by atoms with Crippen molar-refractivity contribution in [2.24, 2.45) is 5.92 Å². The van der Waals surface area contributed by atoms with E-state index in [4.69, 9.17) is 0 Å². The van der Waals surface area contributed by atoms with E-state index in [-0.39, 0.29) is 17.7 Å². The Morgan fingerprint density at radius 2 is 2.00 bits per heavy atom. The Balaban J connectivity index is 1.61. The van der Waals surface area contributed by atoms with Crippen LogP contribution in [-0.2, 0) is 11.3 Å². The molecule has 0 radical (unpaired) electrons. The number of rotatable bonds is 5. The Morgan fingerprint density at radius 1 is 1.14 bits per heavy atom. The molecule has 0 unspecified atom stereocenters. The fourth-order valence-electron chi connectivity index (χ4n) is 2.10. The van der Waals surface area contributed by atoms with Crippen LogP contribution in [0.25, 0.3) is 0 Å². The highest BCUT2D eigenvalue weighted by Crippen LogP contribution is 2.30. The van der Waals surface area contributed by atoms with E-state index < -0.39 is 0 Å². The van der Waals surface area contributed by atoms with Gasteiger partial charge in [-0.3, -0.25) is 14.6 Å². The summed E-state index contributed by atoms with van der Waals surface area (Å²) in [5, 5.41) is 5.66. The standard InChI is InChI=1S/C17H17N3O2/c21-16(19-11-15-5-1-2-9-18-15)13-4-3-6-14(10-13)20-17(22)12-7-8-12/h1-6,9-10,12H,7-8,11H2,(H,19,21)(H,20,22). The van der Waals surface area contributed by atoms with Crippen molar-refractivity contribution in [3.63, 3.8) is 0 Å². The van der Waals surface area contributed by atoms with Crippen LogP contribution in [0.2, 0.25) is 0 Å². The van der Waals surface area contributed by atoms with Crippen LogP contribution in [0.4, 0.5) is 5.69 Å². The predicted octanol–water partition coefficient (Wildman–Crippen LogP) is 2.36. The molecule has 1 aliphatic carbocycles. The molecular formula is C17H17N3O2. The minimum absolute atomic E-state index is 0.0334. The summed E-state index contributed by atoms with van der Waals surface area (Å²) in [6, 6.07) is 12.5. The normalized spacial score (nSPS) is 13.5. The lowest BCUT2D eigenvalue weighted by atomic mass is 10.2. The van der Waals surface area contributed by atoms with Crippen LogP contribution < -0.4 is 10.6 Å². The molecule has 5 nitrogen and oxygen atoms in total. The summed E-state index contributed by atoms with van der Waals surface area (Å²) in [4.78, 5) is 28.1. The maximum atomic E-state index is 12.2. The molecule has 0 bridgehead atoms. The van der Waals surface area contributed by atoms with Crippen LogP contribution in [0.15, 0.2) is 48.7 Å². The summed E-state index contributed by atoms with van der Waals surface area (Å²) in [7, 11) is 0. The first-order chi connectivity index (χ1) is 10.7. The molecule has 1 aromatic heterocycles. The van der Waals surface area contributed by atoms with Gasteiger partial charge in [0.1, 0.15) is 0 Å². The van der Waals surface area contributed by atoms with Crippen molar-refractivity contribution in [3.8, 4) is 0 Å². The van der Waals surface area contributed by atoms with E-state index in [0.29, 0.717) is 17.8 Å². The van der Waals surface area contributed by atoms with Crippen molar-refractivity contribution in [2.75, 3.05) is 5.32 Å². The lowest BCUT2D eigenvalue weighted by molar-refractivity contribution is -0.117. The molecule has 1 aromatic carbocycles. The van der Waals surface area contributed by atoms with Crippen molar-refractivity contribution in [2.45, 2.75) is 19.4 Å². The monoisotopic (exact) mass is 295 g/mol. The first kappa shape index (κ1) is 14.3. The number of amides is 2. The van der Waals surface area contributed by atoms with Crippen molar-refractivity contribution in [3.05, 3.63) is 59.9 Å². The maximum Gasteiger partial charge on any atom is 0.251 e. The smallest absolute Gasteiger partial charge is 0.251 e. The number of carbonyl (C=O) groups is 2. The van der Waals surface area contributed by atoms with Crippen LogP contribution in [0, 0.1) is 5.92 Å². The Bertz CT molecular complexity index is 681. The van der Waals surface area contributed by atoms with Crippen LogP contribution in [0.1, 0.15) is 28.9 Å². The molecule has 22 heavy (non-hydrogen) atoms. The Morgan fingerprint density at radius 3 is 2.73 bits per heavy atom. The Hall–Kier alpha value is -2.69. The van der Waals surface area contributed by atoms with Gasteiger partial charge in [0.15, 0.2) is 0 Å². The molecule has 0 spiro atoms. The van der Waals surface area contributed by atoms with Gasteiger partial charge in [-0.25, -0.2) is 0 Å². The second-order valence-electron chi connectivity index (χ2n) is 5.35. The number of benzene rings is 1. The molecule has 0 atom stereocenters. The molecule has 1 saturated carbocycles. The Kier molecular flexibility index (Phi) is 4.14. The summed E-state index contributed by atoms with van der Waals surface area (Å²) < 4.78 is 0. The molecular weight excluding hydrogens is 278 g/mol. The predicted molar refractivity (Wildman–Crippen MR) is 83.2 cm³/mol. The van der Waals surface area contributed by atoms with E-state index in [2.05, 4.69) is 15.6 Å². The van der Waals surface area contributed by atoms with E-state index in [1.54, 1.807) is 30.5 Å². The molecule has 2 aromatic rings. The zero-order chi connectivity index (χ0) is 15.4. The first-order valence-corrected chi connectivity index (χ1v) is 7.31. The van der Waals surface area contributed by atoms with E-state index in [1.807, 2.05) is 18.2 Å². The molecule has 112 valence electrons. The fraction of sp³-hybridized carbons (Fsp3) is 0.235. The summed E-state index contributed by atoms with van der Waals surface area (Å²) in [5.41, 5.74) is 1.97. The van der Waals surface area contributed by atoms with Gasteiger partial charge >= 0.3 is 0 Å². The molecule has 2 amide bonds. The number of nitrogens with zero attached hydrogens (tertiary/aromatic N) is 1. The molecule has 3 rings (SSSR count). The average molecular weight is 295 g/mol. The molecule has 0 aliphatic heterocycles. The van der Waals surface area contributed by atoms with Crippen molar-refractivity contribution < 1.29 is 9.59 Å². The van der Waals surface area contributed by atoms with Crippen LogP contribution in [0.3, 0.4) is 0 Å². The summed E-state index contributed by atoms with van der Waals surface area (Å²) in [5.74, 6) is -0.0131. The molecule has 5 heteroatoms. The summed E-state index contributed by atoms with van der Waals surface area (Å²) in [6.45, 7) is 0.373. The molecule has 1 aliphatic rings. The van der Waals surface area contributed by atoms with Gasteiger partial charge in [0.25, 0.3) is 5.91 Å². The van der Waals surface area contributed by atoms with Crippen LogP contribution in [-0.4, -0.2) is 16.8 Å². The average Bonchev–Trinajstić information content (AvgIpc) is 3.39. The van der Waals surface area contributed by atoms with Gasteiger partial charge in [0.2, 0.25) is 5.91 Å². The van der Waals surface area contributed by atoms with Crippen LogP contribution >= 0.6 is 0 Å². The SMILES string of the molecule is O=C(NCc1ccccn1)c1cccc(NC(=O)C2CC2)c1. The zero-order valence-corrected chi connectivity index (χ0v) is 12.1.